The molecule has 0 amide bonds. The highest BCUT2D eigenvalue weighted by atomic mass is 32.1. The molecule has 0 fully saturated rings. The number of anilines is 1. The summed E-state index contributed by atoms with van der Waals surface area (Å²) in [6.07, 6.45) is 0. The summed E-state index contributed by atoms with van der Waals surface area (Å²) in [5, 5.41) is 7.17. The molecule has 2 nitrogen and oxygen atoms in total. The molecule has 0 saturated carbocycles. The van der Waals surface area contributed by atoms with Gasteiger partial charge in [-0.1, -0.05) is 48.5 Å². The van der Waals surface area contributed by atoms with Gasteiger partial charge in [-0.2, -0.15) is 0 Å². The standard InChI is InChI=1S/C16H18N2S/c1-12-8-6-7-11-15(12)18-16(19)17-13(2)14-9-4-3-5-10-14/h3-11,13H,1-2H3,(H2,17,18,19). The summed E-state index contributed by atoms with van der Waals surface area (Å²) in [5.74, 6) is 0. The van der Waals surface area contributed by atoms with Crippen molar-refractivity contribution >= 4 is 23.0 Å². The number of hydrogen-bond acceptors (Lipinski definition) is 1. The summed E-state index contributed by atoms with van der Waals surface area (Å²) >= 11 is 5.35. The fourth-order valence-electron chi connectivity index (χ4n) is 1.89. The van der Waals surface area contributed by atoms with E-state index in [0.717, 1.165) is 5.69 Å². The molecule has 3 heteroatoms. The Kier molecular flexibility index (Phi) is 4.53. The quantitative estimate of drug-likeness (QED) is 0.823. The SMILES string of the molecule is Cc1ccccc1NC(=S)NC(C)c1ccccc1. The normalized spacial score (nSPS) is 11.7. The molecule has 0 saturated heterocycles. The van der Waals surface area contributed by atoms with E-state index in [0.29, 0.717) is 5.11 Å². The van der Waals surface area contributed by atoms with Crippen LogP contribution in [0.1, 0.15) is 24.1 Å². The number of benzene rings is 2. The van der Waals surface area contributed by atoms with Crippen LogP contribution in [0.5, 0.6) is 0 Å². The van der Waals surface area contributed by atoms with Gasteiger partial charge in [-0.3, -0.25) is 0 Å². The minimum absolute atomic E-state index is 0.185. The van der Waals surface area contributed by atoms with Crippen molar-refractivity contribution in [2.24, 2.45) is 0 Å². The first-order valence-electron chi connectivity index (χ1n) is 6.35. The maximum atomic E-state index is 5.35. The van der Waals surface area contributed by atoms with Gasteiger partial charge in [0.25, 0.3) is 0 Å². The molecule has 0 heterocycles. The molecule has 0 aromatic heterocycles. The zero-order valence-corrected chi connectivity index (χ0v) is 12.0. The average Bonchev–Trinajstić information content (AvgIpc) is 2.42. The fraction of sp³-hybridized carbons (Fsp3) is 0.188. The van der Waals surface area contributed by atoms with Gasteiger partial charge in [0, 0.05) is 5.69 Å². The van der Waals surface area contributed by atoms with Gasteiger partial charge < -0.3 is 10.6 Å². The van der Waals surface area contributed by atoms with Crippen LogP contribution in [0.2, 0.25) is 0 Å². The third-order valence-corrected chi connectivity index (χ3v) is 3.26. The van der Waals surface area contributed by atoms with E-state index in [2.05, 4.69) is 42.7 Å². The Labute approximate surface area is 119 Å². The third-order valence-electron chi connectivity index (χ3n) is 3.04. The predicted molar refractivity (Wildman–Crippen MR) is 85.4 cm³/mol. The maximum Gasteiger partial charge on any atom is 0.171 e. The van der Waals surface area contributed by atoms with Crippen LogP contribution in [-0.2, 0) is 0 Å². The molecule has 1 atom stereocenters. The second-order valence-corrected chi connectivity index (χ2v) is 4.95. The van der Waals surface area contributed by atoms with Gasteiger partial charge in [-0.25, -0.2) is 0 Å². The summed E-state index contributed by atoms with van der Waals surface area (Å²) in [4.78, 5) is 0. The van der Waals surface area contributed by atoms with Crippen LogP contribution >= 0.6 is 12.2 Å². The molecule has 0 aliphatic heterocycles. The molecule has 2 aromatic rings. The van der Waals surface area contributed by atoms with Gasteiger partial charge >= 0.3 is 0 Å². The van der Waals surface area contributed by atoms with E-state index in [4.69, 9.17) is 12.2 Å². The van der Waals surface area contributed by atoms with Crippen LogP contribution in [0.25, 0.3) is 0 Å². The van der Waals surface area contributed by atoms with Crippen molar-refractivity contribution in [1.82, 2.24) is 5.32 Å². The monoisotopic (exact) mass is 270 g/mol. The van der Waals surface area contributed by atoms with E-state index in [1.807, 2.05) is 36.4 Å². The number of nitrogens with one attached hydrogen (secondary N) is 2. The van der Waals surface area contributed by atoms with Crippen LogP contribution < -0.4 is 10.6 Å². The first kappa shape index (κ1) is 13.6. The van der Waals surface area contributed by atoms with Gasteiger partial charge in [-0.05, 0) is 43.3 Å². The fourth-order valence-corrected chi connectivity index (χ4v) is 2.18. The molecule has 2 N–H and O–H groups in total. The lowest BCUT2D eigenvalue weighted by Crippen LogP contribution is -2.31. The summed E-state index contributed by atoms with van der Waals surface area (Å²) < 4.78 is 0. The minimum atomic E-state index is 0.185. The number of thiocarbonyl (C=S) groups is 1. The van der Waals surface area contributed by atoms with Crippen molar-refractivity contribution in [3.63, 3.8) is 0 Å². The van der Waals surface area contributed by atoms with Crippen LogP contribution in [0, 0.1) is 6.92 Å². The second-order valence-electron chi connectivity index (χ2n) is 4.55. The van der Waals surface area contributed by atoms with E-state index in [1.54, 1.807) is 0 Å². The Morgan fingerprint density at radius 1 is 1.00 bits per heavy atom. The molecular weight excluding hydrogens is 252 g/mol. The highest BCUT2D eigenvalue weighted by Crippen LogP contribution is 2.15. The Morgan fingerprint density at radius 3 is 2.32 bits per heavy atom. The van der Waals surface area contributed by atoms with Crippen molar-refractivity contribution in [2.75, 3.05) is 5.32 Å². The largest absolute Gasteiger partial charge is 0.356 e. The van der Waals surface area contributed by atoms with E-state index in [-0.39, 0.29) is 6.04 Å². The Hall–Kier alpha value is -1.87. The van der Waals surface area contributed by atoms with E-state index in [1.165, 1.54) is 11.1 Å². The van der Waals surface area contributed by atoms with E-state index >= 15 is 0 Å². The molecule has 0 spiro atoms. The molecule has 2 aromatic carbocycles. The lowest BCUT2D eigenvalue weighted by molar-refractivity contribution is 0.722. The van der Waals surface area contributed by atoms with Crippen molar-refractivity contribution < 1.29 is 0 Å². The minimum Gasteiger partial charge on any atom is -0.356 e. The molecule has 0 radical (unpaired) electrons. The second kappa shape index (κ2) is 6.34. The molecule has 0 aliphatic carbocycles. The van der Waals surface area contributed by atoms with Crippen molar-refractivity contribution in [1.29, 1.82) is 0 Å². The van der Waals surface area contributed by atoms with Gasteiger partial charge in [0.2, 0.25) is 0 Å². The number of para-hydroxylation sites is 1. The molecule has 98 valence electrons. The predicted octanol–water partition coefficient (Wildman–Crippen LogP) is 4.04. The van der Waals surface area contributed by atoms with Crippen LogP contribution in [0.4, 0.5) is 5.69 Å². The molecule has 2 rings (SSSR count). The smallest absolute Gasteiger partial charge is 0.171 e. The highest BCUT2D eigenvalue weighted by molar-refractivity contribution is 7.80. The van der Waals surface area contributed by atoms with E-state index in [9.17, 15) is 0 Å². The Balaban J connectivity index is 1.97. The summed E-state index contributed by atoms with van der Waals surface area (Å²) in [6, 6.07) is 18.5. The van der Waals surface area contributed by atoms with Crippen molar-refractivity contribution in [3.05, 3.63) is 65.7 Å². The maximum absolute atomic E-state index is 5.35. The van der Waals surface area contributed by atoms with E-state index < -0.39 is 0 Å². The van der Waals surface area contributed by atoms with Gasteiger partial charge in [-0.15, -0.1) is 0 Å². The number of hydrogen-bond donors (Lipinski definition) is 2. The topological polar surface area (TPSA) is 24.1 Å². The van der Waals surface area contributed by atoms with Crippen LogP contribution in [0.3, 0.4) is 0 Å². The molecule has 0 bridgehead atoms. The van der Waals surface area contributed by atoms with Crippen molar-refractivity contribution in [2.45, 2.75) is 19.9 Å². The average molecular weight is 270 g/mol. The Bertz CT molecular complexity index is 552. The first-order chi connectivity index (χ1) is 9.16. The molecule has 0 aliphatic rings. The Morgan fingerprint density at radius 2 is 1.63 bits per heavy atom. The number of rotatable bonds is 3. The van der Waals surface area contributed by atoms with Crippen LogP contribution in [0.15, 0.2) is 54.6 Å². The molecule has 1 unspecified atom stereocenters. The number of aryl methyl sites for hydroxylation is 1. The lowest BCUT2D eigenvalue weighted by atomic mass is 10.1. The zero-order valence-electron chi connectivity index (χ0n) is 11.2. The first-order valence-corrected chi connectivity index (χ1v) is 6.76. The van der Waals surface area contributed by atoms with Gasteiger partial charge in [0.1, 0.15) is 0 Å². The highest BCUT2D eigenvalue weighted by Gasteiger charge is 2.06. The van der Waals surface area contributed by atoms with Gasteiger partial charge in [0.15, 0.2) is 5.11 Å². The third kappa shape index (κ3) is 3.80. The molecular formula is C16H18N2S. The summed E-state index contributed by atoms with van der Waals surface area (Å²) in [5.41, 5.74) is 3.44. The summed E-state index contributed by atoms with van der Waals surface area (Å²) in [6.45, 7) is 4.16. The zero-order chi connectivity index (χ0) is 13.7. The lowest BCUT2D eigenvalue weighted by Gasteiger charge is -2.18. The van der Waals surface area contributed by atoms with Crippen LogP contribution in [-0.4, -0.2) is 5.11 Å². The van der Waals surface area contributed by atoms with Crippen molar-refractivity contribution in [3.8, 4) is 0 Å². The van der Waals surface area contributed by atoms with Gasteiger partial charge in [0.05, 0.1) is 6.04 Å². The summed E-state index contributed by atoms with van der Waals surface area (Å²) in [7, 11) is 0. The molecule has 19 heavy (non-hydrogen) atoms.